The maximum Gasteiger partial charge on any atom is 0.416 e. The molecule has 1 saturated carbocycles. The van der Waals surface area contributed by atoms with Gasteiger partial charge in [0.1, 0.15) is 5.69 Å². The molecule has 1 aliphatic heterocycles. The average Bonchev–Trinajstić information content (AvgIpc) is 3.64. The van der Waals surface area contributed by atoms with Gasteiger partial charge in [-0.15, -0.1) is 0 Å². The van der Waals surface area contributed by atoms with Crippen molar-refractivity contribution in [2.45, 2.75) is 19.0 Å². The summed E-state index contributed by atoms with van der Waals surface area (Å²) in [5.74, 6) is -0.178. The van der Waals surface area contributed by atoms with Crippen molar-refractivity contribution >= 4 is 28.9 Å². The van der Waals surface area contributed by atoms with E-state index >= 15 is 0 Å². The van der Waals surface area contributed by atoms with Crippen LogP contribution in [0.2, 0.25) is 0 Å². The summed E-state index contributed by atoms with van der Waals surface area (Å²) >= 11 is 0. The Balaban J connectivity index is 1.40. The summed E-state index contributed by atoms with van der Waals surface area (Å²) in [6.07, 6.45) is -2.89. The number of carbonyl (C=O) groups is 2. The van der Waals surface area contributed by atoms with Crippen LogP contribution in [-0.2, 0) is 11.0 Å². The first-order valence-corrected chi connectivity index (χ1v) is 10.4. The quantitative estimate of drug-likeness (QED) is 0.537. The summed E-state index contributed by atoms with van der Waals surface area (Å²) in [6, 6.07) is 9.04. The van der Waals surface area contributed by atoms with Crippen molar-refractivity contribution in [3.8, 4) is 0 Å². The van der Waals surface area contributed by atoms with Gasteiger partial charge in [0.2, 0.25) is 5.91 Å². The van der Waals surface area contributed by atoms with E-state index in [1.54, 1.807) is 34.1 Å². The highest BCUT2D eigenvalue weighted by atomic mass is 19.4. The first-order chi connectivity index (χ1) is 15.6. The molecule has 0 atom stereocenters. The van der Waals surface area contributed by atoms with E-state index in [9.17, 15) is 32.9 Å². The number of hydrogen-bond acceptors (Lipinski definition) is 5. The van der Waals surface area contributed by atoms with Gasteiger partial charge in [-0.3, -0.25) is 19.7 Å². The van der Waals surface area contributed by atoms with Crippen LogP contribution in [0, 0.1) is 16.0 Å². The predicted octanol–water partition coefficient (Wildman–Crippen LogP) is 3.92. The van der Waals surface area contributed by atoms with Crippen LogP contribution >= 0.6 is 0 Å². The van der Waals surface area contributed by atoms with Gasteiger partial charge in [-0.2, -0.15) is 13.2 Å². The largest absolute Gasteiger partial charge is 0.416 e. The lowest BCUT2D eigenvalue weighted by Crippen LogP contribution is -2.49. The molecule has 1 heterocycles. The first kappa shape index (κ1) is 22.6. The summed E-state index contributed by atoms with van der Waals surface area (Å²) in [7, 11) is 0. The molecule has 4 rings (SSSR count). The lowest BCUT2D eigenvalue weighted by Gasteiger charge is -2.36. The molecule has 2 aliphatic rings. The van der Waals surface area contributed by atoms with Crippen LogP contribution in [0.1, 0.15) is 28.8 Å². The number of carbonyl (C=O) groups excluding carboxylic acids is 2. The molecule has 2 aromatic carbocycles. The third-order valence-electron chi connectivity index (χ3n) is 5.75. The Morgan fingerprint density at radius 2 is 1.64 bits per heavy atom. The van der Waals surface area contributed by atoms with Crippen LogP contribution < -0.4 is 10.2 Å². The van der Waals surface area contributed by atoms with Crippen LogP contribution in [0.3, 0.4) is 0 Å². The third-order valence-corrected chi connectivity index (χ3v) is 5.75. The number of alkyl halides is 3. The average molecular weight is 462 g/mol. The van der Waals surface area contributed by atoms with Crippen molar-refractivity contribution in [2.24, 2.45) is 5.92 Å². The van der Waals surface area contributed by atoms with E-state index in [4.69, 9.17) is 0 Å². The molecule has 33 heavy (non-hydrogen) atoms. The van der Waals surface area contributed by atoms with E-state index in [-0.39, 0.29) is 49.6 Å². The number of hydrogen-bond donors (Lipinski definition) is 1. The number of piperazine rings is 1. The van der Waals surface area contributed by atoms with Crippen molar-refractivity contribution in [1.82, 2.24) is 4.90 Å². The van der Waals surface area contributed by atoms with Gasteiger partial charge in [-0.1, -0.05) is 0 Å². The zero-order chi connectivity index (χ0) is 23.8. The standard InChI is InChI=1S/C22H21F3N4O4/c23-22(24,25)16-5-8-18(19(13-16)29(32)33)27-9-11-28(12-10-27)21(31)15-3-6-17(7-4-15)26-20(30)14-1-2-14/h3-8,13-14H,1-2,9-12H2,(H,26,30). The number of benzene rings is 2. The molecule has 2 aromatic rings. The number of halogens is 3. The van der Waals surface area contributed by atoms with Gasteiger partial charge < -0.3 is 15.1 Å². The SMILES string of the molecule is O=C(Nc1ccc(C(=O)N2CCN(c3ccc(C(F)(F)F)cc3[N+](=O)[O-])CC2)cc1)C1CC1. The summed E-state index contributed by atoms with van der Waals surface area (Å²) in [5, 5.41) is 14.2. The van der Waals surface area contributed by atoms with E-state index in [1.807, 2.05) is 0 Å². The smallest absolute Gasteiger partial charge is 0.362 e. The molecule has 0 spiro atoms. The molecule has 0 radical (unpaired) electrons. The van der Waals surface area contributed by atoms with Crippen LogP contribution in [0.5, 0.6) is 0 Å². The highest BCUT2D eigenvalue weighted by Crippen LogP contribution is 2.37. The van der Waals surface area contributed by atoms with Gasteiger partial charge in [0, 0.05) is 49.4 Å². The molecule has 1 N–H and O–H groups in total. The molecular formula is C22H21F3N4O4. The zero-order valence-corrected chi connectivity index (χ0v) is 17.5. The topological polar surface area (TPSA) is 95.8 Å². The number of rotatable bonds is 5. The van der Waals surface area contributed by atoms with Gasteiger partial charge in [0.25, 0.3) is 11.6 Å². The Labute approximate surface area is 187 Å². The Hall–Kier alpha value is -3.63. The van der Waals surface area contributed by atoms with Crippen LogP contribution in [-0.4, -0.2) is 47.8 Å². The molecule has 174 valence electrons. The van der Waals surface area contributed by atoms with E-state index in [0.717, 1.165) is 25.0 Å². The molecule has 8 nitrogen and oxygen atoms in total. The van der Waals surface area contributed by atoms with Crippen molar-refractivity contribution in [3.63, 3.8) is 0 Å². The van der Waals surface area contributed by atoms with E-state index < -0.39 is 22.4 Å². The fraction of sp³-hybridized carbons (Fsp3) is 0.364. The zero-order valence-electron chi connectivity index (χ0n) is 17.5. The van der Waals surface area contributed by atoms with Gasteiger partial charge in [0.15, 0.2) is 0 Å². The second-order valence-corrected chi connectivity index (χ2v) is 8.08. The minimum atomic E-state index is -4.68. The number of nitrogens with zero attached hydrogens (tertiary/aromatic N) is 3. The molecule has 0 aromatic heterocycles. The molecule has 0 bridgehead atoms. The number of amides is 2. The number of nitrogens with one attached hydrogen (secondary N) is 1. The van der Waals surface area contributed by atoms with E-state index in [2.05, 4.69) is 5.32 Å². The minimum Gasteiger partial charge on any atom is -0.362 e. The lowest BCUT2D eigenvalue weighted by atomic mass is 10.1. The second kappa shape index (κ2) is 8.72. The van der Waals surface area contributed by atoms with Crippen molar-refractivity contribution < 1.29 is 27.7 Å². The first-order valence-electron chi connectivity index (χ1n) is 10.4. The molecule has 2 amide bonds. The summed E-state index contributed by atoms with van der Waals surface area (Å²) in [6.45, 7) is 1.01. The fourth-order valence-corrected chi connectivity index (χ4v) is 3.73. The Bertz CT molecular complexity index is 1080. The molecule has 1 aliphatic carbocycles. The number of anilines is 2. The molecule has 0 unspecified atom stereocenters. The van der Waals surface area contributed by atoms with Gasteiger partial charge >= 0.3 is 6.18 Å². The van der Waals surface area contributed by atoms with Gasteiger partial charge in [-0.25, -0.2) is 0 Å². The van der Waals surface area contributed by atoms with Crippen LogP contribution in [0.15, 0.2) is 42.5 Å². The number of nitro benzene ring substituents is 1. The maximum atomic E-state index is 12.9. The normalized spacial score (nSPS) is 16.5. The Kier molecular flexibility index (Phi) is 5.96. The highest BCUT2D eigenvalue weighted by Gasteiger charge is 2.34. The predicted molar refractivity (Wildman–Crippen MR) is 114 cm³/mol. The highest BCUT2D eigenvalue weighted by molar-refractivity contribution is 5.97. The molecule has 2 fully saturated rings. The molecule has 1 saturated heterocycles. The van der Waals surface area contributed by atoms with Gasteiger partial charge in [0.05, 0.1) is 10.5 Å². The lowest BCUT2D eigenvalue weighted by molar-refractivity contribution is -0.384. The minimum absolute atomic E-state index is 0.0254. The van der Waals surface area contributed by atoms with Crippen molar-refractivity contribution in [2.75, 3.05) is 36.4 Å². The summed E-state index contributed by atoms with van der Waals surface area (Å²) in [4.78, 5) is 38.4. The summed E-state index contributed by atoms with van der Waals surface area (Å²) < 4.78 is 38.8. The molecule has 11 heteroatoms. The van der Waals surface area contributed by atoms with Crippen molar-refractivity contribution in [3.05, 3.63) is 63.7 Å². The van der Waals surface area contributed by atoms with Crippen LogP contribution in [0.4, 0.5) is 30.2 Å². The van der Waals surface area contributed by atoms with Gasteiger partial charge in [-0.05, 0) is 49.2 Å². The second-order valence-electron chi connectivity index (χ2n) is 8.08. The van der Waals surface area contributed by atoms with E-state index in [1.165, 1.54) is 0 Å². The summed E-state index contributed by atoms with van der Waals surface area (Å²) in [5.41, 5.74) is -0.552. The van der Waals surface area contributed by atoms with Crippen LogP contribution in [0.25, 0.3) is 0 Å². The van der Waals surface area contributed by atoms with E-state index in [0.29, 0.717) is 17.3 Å². The third kappa shape index (κ3) is 5.07. The maximum absolute atomic E-state index is 12.9. The Morgan fingerprint density at radius 3 is 2.18 bits per heavy atom. The Morgan fingerprint density at radius 1 is 1.00 bits per heavy atom. The number of nitro groups is 1. The molecular weight excluding hydrogens is 441 g/mol. The van der Waals surface area contributed by atoms with Crippen molar-refractivity contribution in [1.29, 1.82) is 0 Å². The monoisotopic (exact) mass is 462 g/mol. The fourth-order valence-electron chi connectivity index (χ4n) is 3.73.